The van der Waals surface area contributed by atoms with Crippen LogP contribution in [0.15, 0.2) is 65.6 Å². The average molecular weight is 329 g/mol. The van der Waals surface area contributed by atoms with Gasteiger partial charge in [-0.3, -0.25) is 9.00 Å². The van der Waals surface area contributed by atoms with Crippen molar-refractivity contribution < 1.29 is 9.00 Å². The van der Waals surface area contributed by atoms with Crippen LogP contribution >= 0.6 is 0 Å². The fourth-order valence-electron chi connectivity index (χ4n) is 2.57. The molecule has 1 amide bonds. The smallest absolute Gasteiger partial charge is 0.227 e. The molecule has 0 aromatic heterocycles. The third-order valence-electron chi connectivity index (χ3n) is 3.70. The van der Waals surface area contributed by atoms with E-state index >= 15 is 0 Å². The van der Waals surface area contributed by atoms with Crippen LogP contribution in [0.3, 0.4) is 0 Å². The van der Waals surface area contributed by atoms with E-state index in [4.69, 9.17) is 0 Å². The molecule has 0 heterocycles. The van der Waals surface area contributed by atoms with E-state index in [2.05, 4.69) is 5.32 Å². The summed E-state index contributed by atoms with van der Waals surface area (Å²) in [7, 11) is -1.08. The quantitative estimate of drug-likeness (QED) is 0.847. The molecular weight excluding hydrogens is 306 g/mol. The number of carbonyl (C=O) groups is 1. The van der Waals surface area contributed by atoms with E-state index in [1.807, 2.05) is 74.5 Å². The van der Waals surface area contributed by atoms with Crippen LogP contribution in [0.5, 0.6) is 0 Å². The van der Waals surface area contributed by atoms with Gasteiger partial charge in [-0.15, -0.1) is 0 Å². The second-order valence-electron chi connectivity index (χ2n) is 5.79. The molecule has 0 fully saturated rings. The van der Waals surface area contributed by atoms with Crippen molar-refractivity contribution in [1.82, 2.24) is 5.32 Å². The molecule has 122 valence electrons. The van der Waals surface area contributed by atoms with Crippen molar-refractivity contribution in [2.24, 2.45) is 5.92 Å². The summed E-state index contributed by atoms with van der Waals surface area (Å²) in [5.74, 6) is 0.449. The van der Waals surface area contributed by atoms with E-state index in [1.165, 1.54) is 0 Å². The third-order valence-corrected chi connectivity index (χ3v) is 5.07. The van der Waals surface area contributed by atoms with Gasteiger partial charge in [-0.1, -0.05) is 62.4 Å². The van der Waals surface area contributed by atoms with Crippen LogP contribution in [-0.4, -0.2) is 22.4 Å². The van der Waals surface area contributed by atoms with Gasteiger partial charge in [0.05, 0.1) is 16.7 Å². The van der Waals surface area contributed by atoms with Crippen LogP contribution in [0.4, 0.5) is 0 Å². The summed E-state index contributed by atoms with van der Waals surface area (Å²) >= 11 is 0. The van der Waals surface area contributed by atoms with Gasteiger partial charge in [0.25, 0.3) is 0 Å². The number of carbonyl (C=O) groups excluding carboxylic acids is 1. The predicted octanol–water partition coefficient (Wildman–Crippen LogP) is 3.35. The van der Waals surface area contributed by atoms with Crippen molar-refractivity contribution in [2.75, 3.05) is 12.3 Å². The Labute approximate surface area is 140 Å². The fourth-order valence-corrected chi connectivity index (χ4v) is 3.55. The molecule has 2 rings (SSSR count). The standard InChI is InChI=1S/C19H23NO2S/c1-15(2)18(16-9-5-3-6-10-16)19(21)20-13-14-23(22)17-11-7-4-8-12-17/h3-12,15,18H,13-14H2,1-2H3,(H,20,21). The lowest BCUT2D eigenvalue weighted by atomic mass is 9.88. The SMILES string of the molecule is CC(C)C(C(=O)NCCS(=O)c1ccccc1)c1ccccc1. The number of benzene rings is 2. The molecule has 0 aliphatic carbocycles. The highest BCUT2D eigenvalue weighted by Gasteiger charge is 2.23. The van der Waals surface area contributed by atoms with Crippen molar-refractivity contribution in [2.45, 2.75) is 24.7 Å². The van der Waals surface area contributed by atoms with Crippen LogP contribution in [0.2, 0.25) is 0 Å². The maximum Gasteiger partial charge on any atom is 0.227 e. The summed E-state index contributed by atoms with van der Waals surface area (Å²) in [6.45, 7) is 4.50. The van der Waals surface area contributed by atoms with E-state index in [9.17, 15) is 9.00 Å². The first-order chi connectivity index (χ1) is 11.1. The Morgan fingerprint density at radius 1 is 1.00 bits per heavy atom. The summed E-state index contributed by atoms with van der Waals surface area (Å²) in [4.78, 5) is 13.3. The van der Waals surface area contributed by atoms with E-state index in [-0.39, 0.29) is 17.7 Å². The van der Waals surface area contributed by atoms with Crippen molar-refractivity contribution in [1.29, 1.82) is 0 Å². The molecule has 0 aliphatic rings. The van der Waals surface area contributed by atoms with Gasteiger partial charge >= 0.3 is 0 Å². The summed E-state index contributed by atoms with van der Waals surface area (Å²) in [6, 6.07) is 19.1. The van der Waals surface area contributed by atoms with Gasteiger partial charge in [0.2, 0.25) is 5.91 Å². The molecule has 0 aliphatic heterocycles. The third kappa shape index (κ3) is 5.03. The monoisotopic (exact) mass is 329 g/mol. The van der Waals surface area contributed by atoms with E-state index < -0.39 is 10.8 Å². The topological polar surface area (TPSA) is 46.2 Å². The Balaban J connectivity index is 1.91. The minimum atomic E-state index is -1.08. The first-order valence-electron chi connectivity index (χ1n) is 7.85. The zero-order chi connectivity index (χ0) is 16.7. The highest BCUT2D eigenvalue weighted by Crippen LogP contribution is 2.24. The number of rotatable bonds is 7. The van der Waals surface area contributed by atoms with Crippen molar-refractivity contribution in [3.8, 4) is 0 Å². The number of amides is 1. The largest absolute Gasteiger partial charge is 0.355 e. The predicted molar refractivity (Wildman–Crippen MR) is 94.7 cm³/mol. The van der Waals surface area contributed by atoms with Crippen molar-refractivity contribution in [3.63, 3.8) is 0 Å². The second kappa shape index (κ2) is 8.63. The lowest BCUT2D eigenvalue weighted by Gasteiger charge is -2.20. The maximum absolute atomic E-state index is 12.5. The minimum Gasteiger partial charge on any atom is -0.355 e. The molecule has 2 unspecified atom stereocenters. The summed E-state index contributed by atoms with van der Waals surface area (Å²) < 4.78 is 12.2. The molecule has 0 saturated heterocycles. The Morgan fingerprint density at radius 3 is 2.13 bits per heavy atom. The van der Waals surface area contributed by atoms with Gasteiger partial charge in [0.1, 0.15) is 0 Å². The van der Waals surface area contributed by atoms with Gasteiger partial charge in [-0.2, -0.15) is 0 Å². The Morgan fingerprint density at radius 2 is 1.57 bits per heavy atom. The minimum absolute atomic E-state index is 0.00346. The van der Waals surface area contributed by atoms with Gasteiger partial charge in [0.15, 0.2) is 0 Å². The lowest BCUT2D eigenvalue weighted by molar-refractivity contribution is -0.123. The molecule has 2 aromatic carbocycles. The van der Waals surface area contributed by atoms with Crippen LogP contribution in [0.1, 0.15) is 25.3 Å². The highest BCUT2D eigenvalue weighted by atomic mass is 32.2. The molecule has 0 bridgehead atoms. The van der Waals surface area contributed by atoms with E-state index in [0.29, 0.717) is 12.3 Å². The summed E-state index contributed by atoms with van der Waals surface area (Å²) in [5.41, 5.74) is 1.02. The van der Waals surface area contributed by atoms with Gasteiger partial charge in [-0.25, -0.2) is 0 Å². The van der Waals surface area contributed by atoms with Crippen LogP contribution in [-0.2, 0) is 15.6 Å². The normalized spacial score (nSPS) is 13.5. The van der Waals surface area contributed by atoms with E-state index in [1.54, 1.807) is 0 Å². The molecule has 0 saturated carbocycles. The maximum atomic E-state index is 12.5. The van der Waals surface area contributed by atoms with Crippen LogP contribution < -0.4 is 5.32 Å². The average Bonchev–Trinajstić information content (AvgIpc) is 2.56. The molecule has 0 radical (unpaired) electrons. The molecule has 2 aromatic rings. The fraction of sp³-hybridized carbons (Fsp3) is 0.316. The van der Waals surface area contributed by atoms with Gasteiger partial charge in [0, 0.05) is 17.2 Å². The van der Waals surface area contributed by atoms with E-state index in [0.717, 1.165) is 10.5 Å². The van der Waals surface area contributed by atoms with Crippen molar-refractivity contribution >= 4 is 16.7 Å². The Hall–Kier alpha value is -1.94. The second-order valence-corrected chi connectivity index (χ2v) is 7.36. The highest BCUT2D eigenvalue weighted by molar-refractivity contribution is 7.85. The molecular formula is C19H23NO2S. The zero-order valence-corrected chi connectivity index (χ0v) is 14.4. The van der Waals surface area contributed by atoms with Crippen LogP contribution in [0.25, 0.3) is 0 Å². The molecule has 3 nitrogen and oxygen atoms in total. The Bertz CT molecular complexity index is 641. The zero-order valence-electron chi connectivity index (χ0n) is 13.6. The van der Waals surface area contributed by atoms with Crippen LogP contribution in [0, 0.1) is 5.92 Å². The molecule has 1 N–H and O–H groups in total. The first-order valence-corrected chi connectivity index (χ1v) is 9.17. The number of nitrogens with one attached hydrogen (secondary N) is 1. The molecule has 0 spiro atoms. The molecule has 2 atom stereocenters. The first kappa shape index (κ1) is 17.4. The van der Waals surface area contributed by atoms with Crippen molar-refractivity contribution in [3.05, 3.63) is 66.2 Å². The van der Waals surface area contributed by atoms with Gasteiger partial charge < -0.3 is 5.32 Å². The summed E-state index contributed by atoms with van der Waals surface area (Å²) in [6.07, 6.45) is 0. The Kier molecular flexibility index (Phi) is 6.53. The number of hydrogen-bond donors (Lipinski definition) is 1. The summed E-state index contributed by atoms with van der Waals surface area (Å²) in [5, 5.41) is 2.93. The van der Waals surface area contributed by atoms with Gasteiger partial charge in [-0.05, 0) is 23.6 Å². The number of hydrogen-bond acceptors (Lipinski definition) is 2. The molecule has 4 heteroatoms. The lowest BCUT2D eigenvalue weighted by Crippen LogP contribution is -2.34. The molecule has 23 heavy (non-hydrogen) atoms.